The Labute approximate surface area is 113 Å². The Morgan fingerprint density at radius 3 is 2.67 bits per heavy atom. The summed E-state index contributed by atoms with van der Waals surface area (Å²) in [4.78, 5) is 13.8. The smallest absolute Gasteiger partial charge is 0.266 e. The number of thioether (sulfide) groups is 1. The van der Waals surface area contributed by atoms with E-state index >= 15 is 0 Å². The van der Waals surface area contributed by atoms with Crippen molar-refractivity contribution in [3.8, 4) is 0 Å². The SMILES string of the molecule is CCN1C(=O)/C(=C\c2ccc(F)c(F)c2)SC1=S. The molecule has 0 N–H and O–H groups in total. The monoisotopic (exact) mass is 285 g/mol. The molecule has 18 heavy (non-hydrogen) atoms. The van der Waals surface area contributed by atoms with Crippen molar-refractivity contribution in [3.05, 3.63) is 40.3 Å². The highest BCUT2D eigenvalue weighted by Crippen LogP contribution is 2.32. The van der Waals surface area contributed by atoms with E-state index in [-0.39, 0.29) is 5.91 Å². The van der Waals surface area contributed by atoms with Gasteiger partial charge in [0.05, 0.1) is 4.91 Å². The highest BCUT2D eigenvalue weighted by Gasteiger charge is 2.30. The average molecular weight is 285 g/mol. The van der Waals surface area contributed by atoms with E-state index in [1.165, 1.54) is 17.0 Å². The molecule has 0 saturated carbocycles. The third-order valence-electron chi connectivity index (χ3n) is 2.43. The summed E-state index contributed by atoms with van der Waals surface area (Å²) in [6.07, 6.45) is 1.51. The van der Waals surface area contributed by atoms with E-state index in [4.69, 9.17) is 12.2 Å². The molecule has 0 aromatic heterocycles. The molecule has 1 aliphatic rings. The summed E-state index contributed by atoms with van der Waals surface area (Å²) >= 11 is 6.21. The fourth-order valence-electron chi connectivity index (χ4n) is 1.53. The molecule has 1 fully saturated rings. The molecule has 0 atom stereocenters. The van der Waals surface area contributed by atoms with Gasteiger partial charge < -0.3 is 0 Å². The molecule has 0 radical (unpaired) electrons. The molecule has 94 valence electrons. The van der Waals surface area contributed by atoms with Crippen LogP contribution in [0.25, 0.3) is 6.08 Å². The van der Waals surface area contributed by atoms with Crippen molar-refractivity contribution >= 4 is 40.3 Å². The van der Waals surface area contributed by atoms with Gasteiger partial charge in [0.15, 0.2) is 11.6 Å². The molecule has 0 spiro atoms. The zero-order chi connectivity index (χ0) is 13.3. The van der Waals surface area contributed by atoms with E-state index in [0.29, 0.717) is 21.3 Å². The molecule has 1 heterocycles. The van der Waals surface area contributed by atoms with Crippen molar-refractivity contribution in [2.24, 2.45) is 0 Å². The number of benzene rings is 1. The van der Waals surface area contributed by atoms with Crippen LogP contribution >= 0.6 is 24.0 Å². The summed E-state index contributed by atoms with van der Waals surface area (Å²) < 4.78 is 26.3. The van der Waals surface area contributed by atoms with Crippen LogP contribution in [0, 0.1) is 11.6 Å². The molecule has 1 aliphatic heterocycles. The molecule has 0 aliphatic carbocycles. The lowest BCUT2D eigenvalue weighted by molar-refractivity contribution is -0.121. The van der Waals surface area contributed by atoms with E-state index in [1.807, 2.05) is 6.92 Å². The fourth-order valence-corrected chi connectivity index (χ4v) is 2.91. The Morgan fingerprint density at radius 1 is 1.39 bits per heavy atom. The van der Waals surface area contributed by atoms with Gasteiger partial charge in [0.25, 0.3) is 5.91 Å². The molecule has 0 unspecified atom stereocenters. The Hall–Kier alpha value is -1.27. The predicted octanol–water partition coefficient (Wildman–Crippen LogP) is 3.19. The number of thiocarbonyl (C=S) groups is 1. The molecule has 0 bridgehead atoms. The van der Waals surface area contributed by atoms with Gasteiger partial charge in [-0.05, 0) is 30.7 Å². The first kappa shape index (κ1) is 13.2. The van der Waals surface area contributed by atoms with Crippen LogP contribution in [0.15, 0.2) is 23.1 Å². The number of nitrogens with zero attached hydrogens (tertiary/aromatic N) is 1. The van der Waals surface area contributed by atoms with Crippen LogP contribution in [0.2, 0.25) is 0 Å². The standard InChI is InChI=1S/C12H9F2NOS2/c1-2-15-11(16)10(18-12(15)17)6-7-3-4-8(13)9(14)5-7/h3-6H,2H2,1H3/b10-6+. The van der Waals surface area contributed by atoms with Gasteiger partial charge in [-0.15, -0.1) is 0 Å². The second kappa shape index (κ2) is 5.16. The minimum atomic E-state index is -0.935. The predicted molar refractivity (Wildman–Crippen MR) is 71.9 cm³/mol. The lowest BCUT2D eigenvalue weighted by atomic mass is 10.2. The largest absolute Gasteiger partial charge is 0.293 e. The maximum Gasteiger partial charge on any atom is 0.266 e. The highest BCUT2D eigenvalue weighted by molar-refractivity contribution is 8.26. The molecule has 6 heteroatoms. The average Bonchev–Trinajstić information content (AvgIpc) is 2.59. The van der Waals surface area contributed by atoms with Crippen molar-refractivity contribution in [2.45, 2.75) is 6.92 Å². The van der Waals surface area contributed by atoms with E-state index in [1.54, 1.807) is 0 Å². The van der Waals surface area contributed by atoms with E-state index in [9.17, 15) is 13.6 Å². The van der Waals surface area contributed by atoms with Gasteiger partial charge in [-0.2, -0.15) is 0 Å². The Bertz CT molecular complexity index is 557. The number of likely N-dealkylation sites (N-methyl/N-ethyl adjacent to an activating group) is 1. The number of carbonyl (C=O) groups excluding carboxylic acids is 1. The first-order valence-electron chi connectivity index (χ1n) is 5.23. The molecular weight excluding hydrogens is 276 g/mol. The number of halogens is 2. The van der Waals surface area contributed by atoms with Gasteiger partial charge >= 0.3 is 0 Å². The number of hydrogen-bond donors (Lipinski definition) is 0. The van der Waals surface area contributed by atoms with E-state index in [0.717, 1.165) is 23.9 Å². The highest BCUT2D eigenvalue weighted by atomic mass is 32.2. The fraction of sp³-hybridized carbons (Fsp3) is 0.167. The summed E-state index contributed by atoms with van der Waals surface area (Å²) in [6.45, 7) is 2.32. The lowest BCUT2D eigenvalue weighted by Crippen LogP contribution is -2.27. The third-order valence-corrected chi connectivity index (χ3v) is 3.81. The Balaban J connectivity index is 2.32. The van der Waals surface area contributed by atoms with Crippen LogP contribution in [0.1, 0.15) is 12.5 Å². The Morgan fingerprint density at radius 2 is 2.11 bits per heavy atom. The van der Waals surface area contributed by atoms with Crippen molar-refractivity contribution in [1.82, 2.24) is 4.90 Å². The molecule has 1 amide bonds. The van der Waals surface area contributed by atoms with Crippen molar-refractivity contribution in [1.29, 1.82) is 0 Å². The Kier molecular flexibility index (Phi) is 3.77. The number of carbonyl (C=O) groups is 1. The van der Waals surface area contributed by atoms with E-state index in [2.05, 4.69) is 0 Å². The first-order chi connectivity index (χ1) is 8.52. The normalized spacial score (nSPS) is 17.9. The number of amides is 1. The van der Waals surface area contributed by atoms with Crippen molar-refractivity contribution < 1.29 is 13.6 Å². The number of hydrogen-bond acceptors (Lipinski definition) is 3. The molecule has 2 nitrogen and oxygen atoms in total. The summed E-state index contributed by atoms with van der Waals surface area (Å²) in [5.74, 6) is -2.04. The minimum absolute atomic E-state index is 0.197. The second-order valence-corrected chi connectivity index (χ2v) is 5.28. The summed E-state index contributed by atoms with van der Waals surface area (Å²) in [6, 6.07) is 3.49. The molecule has 1 aromatic carbocycles. The topological polar surface area (TPSA) is 20.3 Å². The maximum absolute atomic E-state index is 13.0. The second-order valence-electron chi connectivity index (χ2n) is 3.60. The summed E-state index contributed by atoms with van der Waals surface area (Å²) in [5.41, 5.74) is 0.436. The first-order valence-corrected chi connectivity index (χ1v) is 6.46. The van der Waals surface area contributed by atoms with E-state index < -0.39 is 11.6 Å². The van der Waals surface area contributed by atoms with Crippen LogP contribution in [0.3, 0.4) is 0 Å². The number of rotatable bonds is 2. The van der Waals surface area contributed by atoms with Crippen LogP contribution in [0.5, 0.6) is 0 Å². The lowest BCUT2D eigenvalue weighted by Gasteiger charge is -2.09. The van der Waals surface area contributed by atoms with Crippen molar-refractivity contribution in [3.63, 3.8) is 0 Å². The quantitative estimate of drug-likeness (QED) is 0.615. The van der Waals surface area contributed by atoms with Crippen molar-refractivity contribution in [2.75, 3.05) is 6.54 Å². The molecule has 1 saturated heterocycles. The van der Waals surface area contributed by atoms with Gasteiger partial charge in [0.1, 0.15) is 4.32 Å². The van der Waals surface area contributed by atoms with Gasteiger partial charge in [0.2, 0.25) is 0 Å². The van der Waals surface area contributed by atoms with Crippen LogP contribution < -0.4 is 0 Å². The summed E-state index contributed by atoms with van der Waals surface area (Å²) in [7, 11) is 0. The molecule has 1 aromatic rings. The van der Waals surface area contributed by atoms with Gasteiger partial charge in [0, 0.05) is 6.54 Å². The molecule has 2 rings (SSSR count). The summed E-state index contributed by atoms with van der Waals surface area (Å²) in [5, 5.41) is 0. The van der Waals surface area contributed by atoms with Gasteiger partial charge in [-0.3, -0.25) is 9.69 Å². The minimum Gasteiger partial charge on any atom is -0.293 e. The van der Waals surface area contributed by atoms with Crippen LogP contribution in [-0.2, 0) is 4.79 Å². The van der Waals surface area contributed by atoms with Crippen LogP contribution in [0.4, 0.5) is 8.78 Å². The van der Waals surface area contributed by atoms with Gasteiger partial charge in [-0.1, -0.05) is 30.0 Å². The maximum atomic E-state index is 13.0. The zero-order valence-electron chi connectivity index (χ0n) is 9.44. The zero-order valence-corrected chi connectivity index (χ0v) is 11.1. The third kappa shape index (κ3) is 2.44. The van der Waals surface area contributed by atoms with Crippen LogP contribution in [-0.4, -0.2) is 21.7 Å². The van der Waals surface area contributed by atoms with Gasteiger partial charge in [-0.25, -0.2) is 8.78 Å². The molecular formula is C12H9F2NOS2.